The number of hydrazone groups is 1. The van der Waals surface area contributed by atoms with E-state index < -0.39 is 34.2 Å². The molecule has 30 heavy (non-hydrogen) atoms. The summed E-state index contributed by atoms with van der Waals surface area (Å²) in [4.78, 5) is 12.1. The SMILES string of the molecule is COc1ccc(N(CC(=O)N/N=C\c2cccc(C(F)(F)F)c2)S(C)(=O)=O)cc1Cl. The third kappa shape index (κ3) is 6.36. The lowest BCUT2D eigenvalue weighted by molar-refractivity contribution is -0.137. The molecule has 0 heterocycles. The number of alkyl halides is 3. The minimum absolute atomic E-state index is 0.104. The Morgan fingerprint density at radius 2 is 1.97 bits per heavy atom. The molecule has 0 aliphatic carbocycles. The second kappa shape index (κ2) is 9.35. The van der Waals surface area contributed by atoms with Gasteiger partial charge < -0.3 is 4.74 Å². The van der Waals surface area contributed by atoms with Crippen molar-refractivity contribution in [3.63, 3.8) is 0 Å². The monoisotopic (exact) mass is 463 g/mol. The molecule has 0 saturated carbocycles. The zero-order valence-electron chi connectivity index (χ0n) is 15.8. The van der Waals surface area contributed by atoms with Crippen LogP contribution in [0.1, 0.15) is 11.1 Å². The number of methoxy groups -OCH3 is 1. The maximum atomic E-state index is 12.7. The summed E-state index contributed by atoms with van der Waals surface area (Å²) >= 11 is 6.01. The van der Waals surface area contributed by atoms with Crippen molar-refractivity contribution in [2.24, 2.45) is 5.10 Å². The fourth-order valence-corrected chi connectivity index (χ4v) is 3.45. The van der Waals surface area contributed by atoms with Gasteiger partial charge in [0.1, 0.15) is 12.3 Å². The molecule has 7 nitrogen and oxygen atoms in total. The highest BCUT2D eigenvalue weighted by atomic mass is 35.5. The standard InChI is InChI=1S/C18H17ClF3N3O4S/c1-29-16-7-6-14(9-15(16)19)25(30(2,27)28)11-17(26)24-23-10-12-4-3-5-13(8-12)18(20,21)22/h3-10H,11H2,1-2H3,(H,24,26)/b23-10-. The van der Waals surface area contributed by atoms with Crippen LogP contribution in [0.3, 0.4) is 0 Å². The molecule has 12 heteroatoms. The first-order chi connectivity index (χ1) is 13.9. The second-order valence-electron chi connectivity index (χ2n) is 6.00. The highest BCUT2D eigenvalue weighted by Crippen LogP contribution is 2.30. The number of nitrogens with one attached hydrogen (secondary N) is 1. The molecule has 0 radical (unpaired) electrons. The first-order valence-corrected chi connectivity index (χ1v) is 10.4. The molecule has 2 aromatic carbocycles. The average Bonchev–Trinajstić information content (AvgIpc) is 2.65. The van der Waals surface area contributed by atoms with E-state index in [1.807, 2.05) is 0 Å². The molecule has 0 bridgehead atoms. The molecule has 162 valence electrons. The van der Waals surface area contributed by atoms with Gasteiger partial charge in [-0.15, -0.1) is 0 Å². The Bertz CT molecular complexity index is 1060. The molecule has 2 rings (SSSR count). The van der Waals surface area contributed by atoms with Gasteiger partial charge in [-0.05, 0) is 35.9 Å². The summed E-state index contributed by atoms with van der Waals surface area (Å²) < 4.78 is 68.1. The Morgan fingerprint density at radius 1 is 1.27 bits per heavy atom. The summed E-state index contributed by atoms with van der Waals surface area (Å²) in [5, 5.41) is 3.72. The second-order valence-corrected chi connectivity index (χ2v) is 8.32. The van der Waals surface area contributed by atoms with Gasteiger partial charge in [0.2, 0.25) is 10.0 Å². The number of halogens is 4. The number of ether oxygens (including phenoxy) is 1. The van der Waals surface area contributed by atoms with Crippen molar-refractivity contribution in [2.45, 2.75) is 6.18 Å². The van der Waals surface area contributed by atoms with E-state index in [0.717, 1.165) is 28.9 Å². The Kier molecular flexibility index (Phi) is 7.32. The summed E-state index contributed by atoms with van der Waals surface area (Å²) in [5.74, 6) is -0.486. The Hall–Kier alpha value is -2.79. The topological polar surface area (TPSA) is 88.1 Å². The van der Waals surface area contributed by atoms with Crippen LogP contribution in [0.25, 0.3) is 0 Å². The molecule has 1 amide bonds. The summed E-state index contributed by atoms with van der Waals surface area (Å²) in [7, 11) is -2.46. The molecule has 0 atom stereocenters. The van der Waals surface area contributed by atoms with Crippen LogP contribution >= 0.6 is 11.6 Å². The first kappa shape index (κ1) is 23.5. The fraction of sp³-hybridized carbons (Fsp3) is 0.222. The number of sulfonamides is 1. The molecular weight excluding hydrogens is 447 g/mol. The van der Waals surface area contributed by atoms with E-state index in [1.54, 1.807) is 0 Å². The van der Waals surface area contributed by atoms with Crippen LogP contribution in [0, 0.1) is 0 Å². The van der Waals surface area contributed by atoms with Crippen molar-refractivity contribution >= 4 is 39.4 Å². The van der Waals surface area contributed by atoms with Gasteiger partial charge in [0, 0.05) is 0 Å². The smallest absolute Gasteiger partial charge is 0.416 e. The number of rotatable bonds is 7. The average molecular weight is 464 g/mol. The predicted molar refractivity (Wildman–Crippen MR) is 107 cm³/mol. The van der Waals surface area contributed by atoms with Crippen molar-refractivity contribution in [2.75, 3.05) is 24.2 Å². The lowest BCUT2D eigenvalue weighted by atomic mass is 10.1. The third-order valence-electron chi connectivity index (χ3n) is 3.73. The minimum atomic E-state index is -4.51. The van der Waals surface area contributed by atoms with Gasteiger partial charge in [0.15, 0.2) is 0 Å². The van der Waals surface area contributed by atoms with Gasteiger partial charge in [0.05, 0.1) is 35.9 Å². The van der Waals surface area contributed by atoms with E-state index in [4.69, 9.17) is 16.3 Å². The van der Waals surface area contributed by atoms with Gasteiger partial charge in [-0.2, -0.15) is 18.3 Å². The van der Waals surface area contributed by atoms with Crippen LogP contribution in [-0.2, 0) is 21.0 Å². The van der Waals surface area contributed by atoms with Crippen molar-refractivity contribution in [1.82, 2.24) is 5.43 Å². The predicted octanol–water partition coefficient (Wildman–Crippen LogP) is 3.28. The highest BCUT2D eigenvalue weighted by Gasteiger charge is 2.30. The molecule has 1 N–H and O–H groups in total. The first-order valence-electron chi connectivity index (χ1n) is 8.22. The van der Waals surface area contributed by atoms with Crippen molar-refractivity contribution < 1.29 is 31.1 Å². The summed E-state index contributed by atoms with van der Waals surface area (Å²) in [5.41, 5.74) is 1.45. The lowest BCUT2D eigenvalue weighted by Crippen LogP contribution is -2.39. The number of hydrogen-bond donors (Lipinski definition) is 1. The van der Waals surface area contributed by atoms with E-state index in [0.29, 0.717) is 5.75 Å². The zero-order valence-corrected chi connectivity index (χ0v) is 17.3. The van der Waals surface area contributed by atoms with E-state index in [1.165, 1.54) is 37.4 Å². The molecule has 0 aromatic heterocycles. The van der Waals surface area contributed by atoms with Crippen LogP contribution in [0.5, 0.6) is 5.75 Å². The minimum Gasteiger partial charge on any atom is -0.495 e. The molecule has 0 aliphatic heterocycles. The molecule has 0 aliphatic rings. The summed E-state index contributed by atoms with van der Waals surface area (Å²) in [6.07, 6.45) is -2.59. The number of carbonyl (C=O) groups is 1. The number of nitrogens with zero attached hydrogens (tertiary/aromatic N) is 2. The van der Waals surface area contributed by atoms with Gasteiger partial charge >= 0.3 is 6.18 Å². The molecule has 2 aromatic rings. The van der Waals surface area contributed by atoms with Gasteiger partial charge in [0.25, 0.3) is 5.91 Å². The van der Waals surface area contributed by atoms with E-state index in [2.05, 4.69) is 10.5 Å². The number of anilines is 1. The molecule has 0 unspecified atom stereocenters. The fourth-order valence-electron chi connectivity index (χ4n) is 2.35. The normalized spacial score (nSPS) is 12.1. The van der Waals surface area contributed by atoms with Crippen LogP contribution in [0.4, 0.5) is 18.9 Å². The van der Waals surface area contributed by atoms with Crippen molar-refractivity contribution in [3.8, 4) is 5.75 Å². The number of benzene rings is 2. The van der Waals surface area contributed by atoms with Gasteiger partial charge in [-0.3, -0.25) is 9.10 Å². The Labute approximate surface area is 176 Å². The van der Waals surface area contributed by atoms with Crippen LogP contribution in [0.15, 0.2) is 47.6 Å². The number of amides is 1. The molecule has 0 saturated heterocycles. The van der Waals surface area contributed by atoms with Crippen LogP contribution in [0.2, 0.25) is 5.02 Å². The molecule has 0 spiro atoms. The van der Waals surface area contributed by atoms with Gasteiger partial charge in [-0.25, -0.2) is 13.8 Å². The van der Waals surface area contributed by atoms with Crippen LogP contribution < -0.4 is 14.5 Å². The Morgan fingerprint density at radius 3 is 2.53 bits per heavy atom. The summed E-state index contributed by atoms with van der Waals surface area (Å²) in [6.45, 7) is -0.624. The van der Waals surface area contributed by atoms with E-state index >= 15 is 0 Å². The highest BCUT2D eigenvalue weighted by molar-refractivity contribution is 7.92. The number of hydrogen-bond acceptors (Lipinski definition) is 5. The summed E-state index contributed by atoms with van der Waals surface area (Å²) in [6, 6.07) is 8.50. The van der Waals surface area contributed by atoms with Crippen LogP contribution in [-0.4, -0.2) is 40.4 Å². The lowest BCUT2D eigenvalue weighted by Gasteiger charge is -2.22. The van der Waals surface area contributed by atoms with E-state index in [9.17, 15) is 26.4 Å². The Balaban J connectivity index is 2.12. The molecular formula is C18H17ClF3N3O4S. The maximum Gasteiger partial charge on any atom is 0.416 e. The van der Waals surface area contributed by atoms with Gasteiger partial charge in [-0.1, -0.05) is 23.7 Å². The van der Waals surface area contributed by atoms with Crippen molar-refractivity contribution in [3.05, 3.63) is 58.6 Å². The van der Waals surface area contributed by atoms with Crippen molar-refractivity contribution in [1.29, 1.82) is 0 Å². The largest absolute Gasteiger partial charge is 0.495 e. The van der Waals surface area contributed by atoms with E-state index in [-0.39, 0.29) is 16.3 Å². The number of carbonyl (C=O) groups excluding carboxylic acids is 1. The third-order valence-corrected chi connectivity index (χ3v) is 5.16. The maximum absolute atomic E-state index is 12.7. The molecule has 0 fully saturated rings. The quantitative estimate of drug-likeness (QED) is 0.504. The zero-order chi connectivity index (χ0) is 22.5.